The summed E-state index contributed by atoms with van der Waals surface area (Å²) in [5.41, 5.74) is 5.91. The lowest BCUT2D eigenvalue weighted by molar-refractivity contribution is 0.560. The van der Waals surface area contributed by atoms with Crippen LogP contribution in [0, 0.1) is 5.92 Å². The molecule has 0 saturated carbocycles. The molecule has 0 amide bonds. The highest BCUT2D eigenvalue weighted by molar-refractivity contribution is 9.10. The van der Waals surface area contributed by atoms with Gasteiger partial charge in [0.25, 0.3) is 0 Å². The van der Waals surface area contributed by atoms with Crippen LogP contribution in [0.15, 0.2) is 27.6 Å². The Bertz CT molecular complexity index is 472. The second-order valence-electron chi connectivity index (χ2n) is 3.93. The van der Waals surface area contributed by atoms with Crippen molar-refractivity contribution in [1.82, 2.24) is 4.72 Å². The minimum Gasteiger partial charge on any atom is -0.398 e. The van der Waals surface area contributed by atoms with E-state index in [2.05, 4.69) is 20.7 Å². The molecule has 1 aromatic carbocycles. The average Bonchev–Trinajstić information content (AvgIpc) is 2.14. The van der Waals surface area contributed by atoms with Gasteiger partial charge in [-0.1, -0.05) is 29.8 Å². The van der Waals surface area contributed by atoms with E-state index in [-0.39, 0.29) is 16.5 Å². The molecule has 90 valence electrons. The average molecular weight is 307 g/mol. The Kier molecular flexibility index (Phi) is 4.35. The first-order valence-electron chi connectivity index (χ1n) is 4.87. The first-order chi connectivity index (χ1) is 7.33. The lowest BCUT2D eigenvalue weighted by atomic mass is 10.2. The molecule has 0 spiro atoms. The van der Waals surface area contributed by atoms with E-state index in [1.54, 1.807) is 12.1 Å². The summed E-state index contributed by atoms with van der Waals surface area (Å²) < 4.78 is 27.0. The van der Waals surface area contributed by atoms with Gasteiger partial charge in [-0.25, -0.2) is 13.1 Å². The van der Waals surface area contributed by atoms with Gasteiger partial charge in [-0.3, -0.25) is 0 Å². The molecule has 0 aliphatic heterocycles. The zero-order valence-corrected chi connectivity index (χ0v) is 11.6. The van der Waals surface area contributed by atoms with Crippen LogP contribution in [0.4, 0.5) is 5.69 Å². The molecule has 16 heavy (non-hydrogen) atoms. The van der Waals surface area contributed by atoms with Gasteiger partial charge in [0.15, 0.2) is 0 Å². The lowest BCUT2D eigenvalue weighted by Crippen LogP contribution is -2.28. The van der Waals surface area contributed by atoms with Gasteiger partial charge in [0.2, 0.25) is 10.0 Å². The molecule has 0 unspecified atom stereocenters. The molecule has 0 atom stereocenters. The molecule has 0 bridgehead atoms. The molecule has 0 heterocycles. The molecule has 0 fully saturated rings. The zero-order valence-electron chi connectivity index (χ0n) is 9.20. The first-order valence-corrected chi connectivity index (χ1v) is 7.15. The summed E-state index contributed by atoms with van der Waals surface area (Å²) in [4.78, 5) is 0.122. The summed E-state index contributed by atoms with van der Waals surface area (Å²) in [7, 11) is -3.50. The minimum absolute atomic E-state index is 0.122. The third-order valence-electron chi connectivity index (χ3n) is 1.94. The SMILES string of the molecule is CC(C)CNS(=O)(=O)c1ccc(Br)cc1N. The van der Waals surface area contributed by atoms with Gasteiger partial charge < -0.3 is 5.73 Å². The molecular formula is C10H15BrN2O2S. The Hall–Kier alpha value is -0.590. The number of benzene rings is 1. The molecule has 3 N–H and O–H groups in total. The Morgan fingerprint density at radius 3 is 2.56 bits per heavy atom. The third kappa shape index (κ3) is 3.47. The van der Waals surface area contributed by atoms with Crippen LogP contribution >= 0.6 is 15.9 Å². The number of sulfonamides is 1. The van der Waals surface area contributed by atoms with Crippen molar-refractivity contribution in [3.8, 4) is 0 Å². The predicted molar refractivity (Wildman–Crippen MR) is 68.6 cm³/mol. The van der Waals surface area contributed by atoms with Crippen LogP contribution in [0.3, 0.4) is 0 Å². The summed E-state index contributed by atoms with van der Waals surface area (Å²) in [5, 5.41) is 0. The second-order valence-corrected chi connectivity index (χ2v) is 6.58. The molecule has 0 aliphatic carbocycles. The first kappa shape index (κ1) is 13.5. The summed E-state index contributed by atoms with van der Waals surface area (Å²) in [5.74, 6) is 0.256. The molecule has 0 saturated heterocycles. The van der Waals surface area contributed by atoms with E-state index in [0.717, 1.165) is 4.47 Å². The van der Waals surface area contributed by atoms with Crippen LogP contribution in [0.5, 0.6) is 0 Å². The fourth-order valence-corrected chi connectivity index (χ4v) is 2.82. The molecular weight excluding hydrogens is 292 g/mol. The van der Waals surface area contributed by atoms with E-state index in [4.69, 9.17) is 5.73 Å². The van der Waals surface area contributed by atoms with Crippen molar-refractivity contribution < 1.29 is 8.42 Å². The van der Waals surface area contributed by atoms with Gasteiger partial charge in [-0.15, -0.1) is 0 Å². The maximum Gasteiger partial charge on any atom is 0.242 e. The fraction of sp³-hybridized carbons (Fsp3) is 0.400. The van der Waals surface area contributed by atoms with Gasteiger partial charge in [0.05, 0.1) is 5.69 Å². The Balaban J connectivity index is 2.99. The molecule has 0 aliphatic rings. The van der Waals surface area contributed by atoms with Crippen molar-refractivity contribution in [1.29, 1.82) is 0 Å². The van der Waals surface area contributed by atoms with Crippen molar-refractivity contribution >= 4 is 31.6 Å². The molecule has 1 rings (SSSR count). The van der Waals surface area contributed by atoms with Gasteiger partial charge in [0, 0.05) is 11.0 Å². The van der Waals surface area contributed by atoms with E-state index in [0.29, 0.717) is 6.54 Å². The van der Waals surface area contributed by atoms with E-state index < -0.39 is 10.0 Å². The van der Waals surface area contributed by atoms with Gasteiger partial charge in [-0.05, 0) is 24.1 Å². The van der Waals surface area contributed by atoms with E-state index in [1.807, 2.05) is 13.8 Å². The third-order valence-corrected chi connectivity index (χ3v) is 3.93. The largest absolute Gasteiger partial charge is 0.398 e. The maximum atomic E-state index is 11.9. The Morgan fingerprint density at radius 1 is 1.44 bits per heavy atom. The number of hydrogen-bond donors (Lipinski definition) is 2. The quantitative estimate of drug-likeness (QED) is 0.835. The van der Waals surface area contributed by atoms with Crippen LogP contribution in [0.1, 0.15) is 13.8 Å². The monoisotopic (exact) mass is 306 g/mol. The maximum absolute atomic E-state index is 11.9. The number of rotatable bonds is 4. The van der Waals surface area contributed by atoms with Crippen LogP contribution in [-0.4, -0.2) is 15.0 Å². The van der Waals surface area contributed by atoms with Crippen molar-refractivity contribution in [2.24, 2.45) is 5.92 Å². The van der Waals surface area contributed by atoms with Crippen LogP contribution in [0.2, 0.25) is 0 Å². The predicted octanol–water partition coefficient (Wildman–Crippen LogP) is 1.97. The highest BCUT2D eigenvalue weighted by atomic mass is 79.9. The summed E-state index contributed by atoms with van der Waals surface area (Å²) >= 11 is 3.23. The highest BCUT2D eigenvalue weighted by Gasteiger charge is 2.17. The Morgan fingerprint density at radius 2 is 2.06 bits per heavy atom. The van der Waals surface area contributed by atoms with Gasteiger partial charge in [-0.2, -0.15) is 0 Å². The van der Waals surface area contributed by atoms with Crippen molar-refractivity contribution in [2.75, 3.05) is 12.3 Å². The standard InChI is InChI=1S/C10H15BrN2O2S/c1-7(2)6-13-16(14,15)10-4-3-8(11)5-9(10)12/h3-5,7,13H,6,12H2,1-2H3. The summed E-state index contributed by atoms with van der Waals surface area (Å²) in [6.45, 7) is 4.28. The van der Waals surface area contributed by atoms with Crippen molar-refractivity contribution in [3.63, 3.8) is 0 Å². The Labute approximate surface area is 104 Å². The normalized spacial score (nSPS) is 12.0. The summed E-state index contributed by atoms with van der Waals surface area (Å²) in [6, 6.07) is 4.71. The molecule has 4 nitrogen and oxygen atoms in total. The van der Waals surface area contributed by atoms with Crippen molar-refractivity contribution in [3.05, 3.63) is 22.7 Å². The number of nitrogens with one attached hydrogen (secondary N) is 1. The number of nitrogens with two attached hydrogens (primary N) is 1. The molecule has 0 radical (unpaired) electrons. The number of halogens is 1. The smallest absolute Gasteiger partial charge is 0.242 e. The number of hydrogen-bond acceptors (Lipinski definition) is 3. The minimum atomic E-state index is -3.50. The van der Waals surface area contributed by atoms with Crippen molar-refractivity contribution in [2.45, 2.75) is 18.7 Å². The molecule has 1 aromatic rings. The number of anilines is 1. The zero-order chi connectivity index (χ0) is 12.3. The van der Waals surface area contributed by atoms with Gasteiger partial charge in [0.1, 0.15) is 4.90 Å². The van der Waals surface area contributed by atoms with Crippen LogP contribution in [-0.2, 0) is 10.0 Å². The van der Waals surface area contributed by atoms with E-state index in [9.17, 15) is 8.42 Å². The topological polar surface area (TPSA) is 72.2 Å². The molecule has 0 aromatic heterocycles. The van der Waals surface area contributed by atoms with E-state index in [1.165, 1.54) is 6.07 Å². The lowest BCUT2D eigenvalue weighted by Gasteiger charge is -2.10. The summed E-state index contributed by atoms with van der Waals surface area (Å²) in [6.07, 6.45) is 0. The molecule has 6 heteroatoms. The van der Waals surface area contributed by atoms with E-state index >= 15 is 0 Å². The fourth-order valence-electron chi connectivity index (χ4n) is 1.12. The van der Waals surface area contributed by atoms with Crippen LogP contribution in [0.25, 0.3) is 0 Å². The highest BCUT2D eigenvalue weighted by Crippen LogP contribution is 2.22. The second kappa shape index (κ2) is 5.16. The van der Waals surface area contributed by atoms with Crippen LogP contribution < -0.4 is 10.5 Å². The van der Waals surface area contributed by atoms with Gasteiger partial charge >= 0.3 is 0 Å². The number of nitrogen functional groups attached to an aromatic ring is 1.